The second kappa shape index (κ2) is 13.8. The standard InChI is InChI=1S/C35H33ClN4O6/c1-6-45-31-15-22(4)28(18-27(31)21(2)3)34-38-30-10-8-7-9-26(30)35(41)39(34)37-19-24-16-29(36)33(32(17-24)44-5)46-20-23-11-13-25(14-12-23)40(42)43/h7-19,21H,6,20H2,1-5H3. The fourth-order valence-corrected chi connectivity index (χ4v) is 5.30. The smallest absolute Gasteiger partial charge is 0.282 e. The number of hydrogen-bond acceptors (Lipinski definition) is 8. The van der Waals surface area contributed by atoms with E-state index in [9.17, 15) is 14.9 Å². The molecule has 1 heterocycles. The molecule has 0 unspecified atom stereocenters. The van der Waals surface area contributed by atoms with Crippen LogP contribution >= 0.6 is 11.6 Å². The van der Waals surface area contributed by atoms with Gasteiger partial charge in [0.25, 0.3) is 11.2 Å². The molecular formula is C35H33ClN4O6. The van der Waals surface area contributed by atoms with Gasteiger partial charge in [0.15, 0.2) is 17.3 Å². The van der Waals surface area contributed by atoms with E-state index in [0.29, 0.717) is 40.4 Å². The van der Waals surface area contributed by atoms with Gasteiger partial charge in [0, 0.05) is 17.7 Å². The summed E-state index contributed by atoms with van der Waals surface area (Å²) in [6, 6.07) is 20.5. The van der Waals surface area contributed by atoms with E-state index in [-0.39, 0.29) is 28.8 Å². The van der Waals surface area contributed by atoms with Crippen molar-refractivity contribution in [3.63, 3.8) is 0 Å². The van der Waals surface area contributed by atoms with Crippen LogP contribution in [0, 0.1) is 17.0 Å². The largest absolute Gasteiger partial charge is 0.494 e. The summed E-state index contributed by atoms with van der Waals surface area (Å²) in [4.78, 5) is 29.2. The highest BCUT2D eigenvalue weighted by Crippen LogP contribution is 2.37. The van der Waals surface area contributed by atoms with Crippen molar-refractivity contribution in [2.75, 3.05) is 13.7 Å². The maximum Gasteiger partial charge on any atom is 0.282 e. The molecule has 0 fully saturated rings. The summed E-state index contributed by atoms with van der Waals surface area (Å²) in [7, 11) is 1.49. The zero-order valence-electron chi connectivity index (χ0n) is 26.1. The predicted octanol–water partition coefficient (Wildman–Crippen LogP) is 7.93. The molecule has 0 aliphatic heterocycles. The number of halogens is 1. The number of non-ortho nitro benzene ring substituents is 1. The minimum absolute atomic E-state index is 0.00933. The predicted molar refractivity (Wildman–Crippen MR) is 180 cm³/mol. The number of hydrogen-bond donors (Lipinski definition) is 0. The highest BCUT2D eigenvalue weighted by Gasteiger charge is 2.19. The Morgan fingerprint density at radius 3 is 2.46 bits per heavy atom. The van der Waals surface area contributed by atoms with Crippen LogP contribution in [0.25, 0.3) is 22.3 Å². The molecule has 1 aromatic heterocycles. The van der Waals surface area contributed by atoms with Gasteiger partial charge in [-0.25, -0.2) is 4.98 Å². The van der Waals surface area contributed by atoms with Crippen molar-refractivity contribution in [3.05, 3.63) is 121 Å². The van der Waals surface area contributed by atoms with Gasteiger partial charge in [-0.1, -0.05) is 37.6 Å². The number of nitrogens with zero attached hydrogens (tertiary/aromatic N) is 4. The summed E-state index contributed by atoms with van der Waals surface area (Å²) in [5.41, 5.74) is 4.16. The first-order valence-electron chi connectivity index (χ1n) is 14.7. The molecule has 10 nitrogen and oxygen atoms in total. The van der Waals surface area contributed by atoms with Gasteiger partial charge in [0.2, 0.25) is 0 Å². The van der Waals surface area contributed by atoms with Crippen LogP contribution in [0.1, 0.15) is 48.9 Å². The number of nitro benzene ring substituents is 1. The minimum Gasteiger partial charge on any atom is -0.494 e. The zero-order valence-corrected chi connectivity index (χ0v) is 26.9. The number of nitro groups is 1. The first-order chi connectivity index (χ1) is 22.1. The van der Waals surface area contributed by atoms with Gasteiger partial charge >= 0.3 is 0 Å². The van der Waals surface area contributed by atoms with Crippen molar-refractivity contribution >= 4 is 34.4 Å². The lowest BCUT2D eigenvalue weighted by atomic mass is 9.96. The van der Waals surface area contributed by atoms with Crippen LogP contribution in [0.5, 0.6) is 17.2 Å². The molecule has 5 aromatic rings. The quantitative estimate of drug-likeness (QED) is 0.0817. The Morgan fingerprint density at radius 1 is 1.04 bits per heavy atom. The van der Waals surface area contributed by atoms with Crippen molar-refractivity contribution in [3.8, 4) is 28.6 Å². The molecule has 5 rings (SSSR count). The van der Waals surface area contributed by atoms with E-state index in [1.807, 2.05) is 38.1 Å². The van der Waals surface area contributed by atoms with Gasteiger partial charge in [0.1, 0.15) is 12.4 Å². The van der Waals surface area contributed by atoms with Gasteiger partial charge in [-0.3, -0.25) is 14.9 Å². The number of rotatable bonds is 11. The lowest BCUT2D eigenvalue weighted by Crippen LogP contribution is -2.21. The molecule has 0 amide bonds. The molecule has 0 aliphatic carbocycles. The van der Waals surface area contributed by atoms with E-state index >= 15 is 0 Å². The monoisotopic (exact) mass is 640 g/mol. The third kappa shape index (κ3) is 6.72. The Morgan fingerprint density at radius 2 is 1.78 bits per heavy atom. The maximum absolute atomic E-state index is 13.8. The van der Waals surface area contributed by atoms with Gasteiger partial charge in [-0.2, -0.15) is 9.78 Å². The summed E-state index contributed by atoms with van der Waals surface area (Å²) in [5.74, 6) is 2.01. The number of ether oxygens (including phenoxy) is 3. The SMILES string of the molecule is CCOc1cc(C)c(-c2nc3ccccc3c(=O)n2N=Cc2cc(Cl)c(OCc3ccc([N+](=O)[O-])cc3)c(OC)c2)cc1C(C)C. The van der Waals surface area contributed by atoms with E-state index in [1.54, 1.807) is 36.4 Å². The fourth-order valence-electron chi connectivity index (χ4n) is 5.02. The maximum atomic E-state index is 13.8. The van der Waals surface area contributed by atoms with Crippen LogP contribution in [0.3, 0.4) is 0 Å². The number of aromatic nitrogens is 2. The molecule has 0 atom stereocenters. The van der Waals surface area contributed by atoms with Crippen molar-refractivity contribution in [1.29, 1.82) is 0 Å². The lowest BCUT2D eigenvalue weighted by Gasteiger charge is -2.18. The molecule has 0 radical (unpaired) electrons. The Hall–Kier alpha value is -5.22. The van der Waals surface area contributed by atoms with Crippen molar-refractivity contribution in [1.82, 2.24) is 9.66 Å². The highest BCUT2D eigenvalue weighted by molar-refractivity contribution is 6.32. The summed E-state index contributed by atoms with van der Waals surface area (Å²) >= 11 is 6.62. The van der Waals surface area contributed by atoms with Gasteiger partial charge in [-0.15, -0.1) is 0 Å². The number of aryl methyl sites for hydroxylation is 1. The summed E-state index contributed by atoms with van der Waals surface area (Å²) in [6.07, 6.45) is 1.52. The molecule has 0 aliphatic rings. The van der Waals surface area contributed by atoms with Crippen LogP contribution in [0.15, 0.2) is 82.7 Å². The van der Waals surface area contributed by atoms with Crippen molar-refractivity contribution in [2.45, 2.75) is 40.2 Å². The van der Waals surface area contributed by atoms with Gasteiger partial charge < -0.3 is 14.2 Å². The van der Waals surface area contributed by atoms with E-state index in [4.69, 9.17) is 30.8 Å². The van der Waals surface area contributed by atoms with Gasteiger partial charge in [0.05, 0.1) is 40.8 Å². The van der Waals surface area contributed by atoms with E-state index < -0.39 is 4.92 Å². The average molecular weight is 641 g/mol. The molecule has 236 valence electrons. The van der Waals surface area contributed by atoms with Crippen molar-refractivity contribution in [2.24, 2.45) is 5.10 Å². The van der Waals surface area contributed by atoms with E-state index in [0.717, 1.165) is 28.0 Å². The highest BCUT2D eigenvalue weighted by atomic mass is 35.5. The van der Waals surface area contributed by atoms with Gasteiger partial charge in [-0.05, 0) is 90.6 Å². The zero-order chi connectivity index (χ0) is 33.0. The van der Waals surface area contributed by atoms with Crippen LogP contribution < -0.4 is 19.8 Å². The van der Waals surface area contributed by atoms with Crippen LogP contribution in [-0.2, 0) is 6.61 Å². The second-order valence-electron chi connectivity index (χ2n) is 10.9. The Labute approximate surface area is 271 Å². The molecule has 0 N–H and O–H groups in total. The molecular weight excluding hydrogens is 608 g/mol. The summed E-state index contributed by atoms with van der Waals surface area (Å²) < 4.78 is 18.7. The normalized spacial score (nSPS) is 11.4. The minimum atomic E-state index is -0.460. The summed E-state index contributed by atoms with van der Waals surface area (Å²) in [5, 5.41) is 16.3. The topological polar surface area (TPSA) is 118 Å². The number of fused-ring (bicyclic) bond motifs is 1. The number of benzene rings is 4. The molecule has 46 heavy (non-hydrogen) atoms. The summed E-state index contributed by atoms with van der Waals surface area (Å²) in [6.45, 7) is 8.73. The molecule has 4 aromatic carbocycles. The third-order valence-corrected chi connectivity index (χ3v) is 7.66. The van der Waals surface area contributed by atoms with Crippen LogP contribution in [-0.4, -0.2) is 34.5 Å². The molecule has 0 saturated heterocycles. The Kier molecular flexibility index (Phi) is 9.67. The molecule has 11 heteroatoms. The Balaban J connectivity index is 1.55. The molecule has 0 bridgehead atoms. The first kappa shape index (κ1) is 32.2. The Bertz CT molecular complexity index is 2000. The molecule has 0 saturated carbocycles. The second-order valence-corrected chi connectivity index (χ2v) is 11.3. The number of para-hydroxylation sites is 1. The average Bonchev–Trinajstić information content (AvgIpc) is 3.04. The van der Waals surface area contributed by atoms with E-state index in [1.165, 1.54) is 30.1 Å². The lowest BCUT2D eigenvalue weighted by molar-refractivity contribution is -0.384. The molecule has 0 spiro atoms. The van der Waals surface area contributed by atoms with Crippen LogP contribution in [0.4, 0.5) is 5.69 Å². The fraction of sp³-hybridized carbons (Fsp3) is 0.229. The van der Waals surface area contributed by atoms with Crippen LogP contribution in [0.2, 0.25) is 5.02 Å². The first-order valence-corrected chi connectivity index (χ1v) is 15.1. The van der Waals surface area contributed by atoms with E-state index in [2.05, 4.69) is 18.9 Å². The third-order valence-electron chi connectivity index (χ3n) is 7.38. The van der Waals surface area contributed by atoms with Crippen molar-refractivity contribution < 1.29 is 19.1 Å². The number of methoxy groups -OCH3 is 1.